The number of hydrogen-bond donors (Lipinski definition) is 1. The molecule has 0 radical (unpaired) electrons. The minimum Gasteiger partial charge on any atom is -0.383 e. The predicted molar refractivity (Wildman–Crippen MR) is 92.3 cm³/mol. The highest BCUT2D eigenvalue weighted by Gasteiger charge is 2.20. The molecule has 2 unspecified atom stereocenters. The van der Waals surface area contributed by atoms with Gasteiger partial charge in [0.15, 0.2) is 0 Å². The van der Waals surface area contributed by atoms with Crippen molar-refractivity contribution in [2.45, 2.75) is 49.3 Å². The molecule has 0 saturated heterocycles. The first-order chi connectivity index (χ1) is 10.2. The van der Waals surface area contributed by atoms with Crippen LogP contribution in [0.3, 0.4) is 0 Å². The van der Waals surface area contributed by atoms with E-state index in [1.165, 1.54) is 36.1 Å². The van der Waals surface area contributed by atoms with Crippen LogP contribution in [-0.2, 0) is 11.3 Å². The molecule has 0 aliphatic heterocycles. The monoisotopic (exact) mass is 327 g/mol. The maximum absolute atomic E-state index is 6.45. The van der Waals surface area contributed by atoms with E-state index in [2.05, 4.69) is 30.4 Å². The number of methoxy groups -OCH3 is 1. The van der Waals surface area contributed by atoms with Gasteiger partial charge in [0, 0.05) is 30.3 Å². The number of rotatable bonds is 7. The first kappa shape index (κ1) is 17.1. The first-order valence-corrected chi connectivity index (χ1v) is 9.09. The molecule has 2 nitrogen and oxygen atoms in total. The van der Waals surface area contributed by atoms with E-state index >= 15 is 0 Å². The summed E-state index contributed by atoms with van der Waals surface area (Å²) in [6, 6.07) is 6.45. The number of benzene rings is 1. The molecule has 2 atom stereocenters. The lowest BCUT2D eigenvalue weighted by molar-refractivity contribution is 0.199. The predicted octanol–water partition coefficient (Wildman–Crippen LogP) is 4.75. The van der Waals surface area contributed by atoms with E-state index in [0.29, 0.717) is 0 Å². The van der Waals surface area contributed by atoms with Crippen molar-refractivity contribution >= 4 is 23.4 Å². The molecule has 21 heavy (non-hydrogen) atoms. The fourth-order valence-electron chi connectivity index (χ4n) is 2.82. The minimum atomic E-state index is 0.733. The summed E-state index contributed by atoms with van der Waals surface area (Å²) in [7, 11) is 1.72. The van der Waals surface area contributed by atoms with Gasteiger partial charge in [0.05, 0.1) is 11.6 Å². The molecule has 0 bridgehead atoms. The molecule has 4 heteroatoms. The fourth-order valence-corrected chi connectivity index (χ4v) is 4.55. The van der Waals surface area contributed by atoms with Crippen LogP contribution in [-0.4, -0.2) is 25.5 Å². The Balaban J connectivity index is 1.86. The average Bonchev–Trinajstić information content (AvgIpc) is 2.46. The number of thioether (sulfide) groups is 1. The second-order valence-corrected chi connectivity index (χ2v) is 7.70. The van der Waals surface area contributed by atoms with Gasteiger partial charge in [-0.2, -0.15) is 0 Å². The molecule has 1 aliphatic carbocycles. The Morgan fingerprint density at radius 2 is 2.24 bits per heavy atom. The van der Waals surface area contributed by atoms with E-state index in [-0.39, 0.29) is 0 Å². The van der Waals surface area contributed by atoms with Crippen molar-refractivity contribution in [3.05, 3.63) is 28.8 Å². The Kier molecular flexibility index (Phi) is 7.38. The topological polar surface area (TPSA) is 21.3 Å². The smallest absolute Gasteiger partial charge is 0.0587 e. The maximum atomic E-state index is 6.45. The molecule has 1 aromatic rings. The molecule has 0 aromatic heterocycles. The van der Waals surface area contributed by atoms with Gasteiger partial charge in [0.1, 0.15) is 0 Å². The summed E-state index contributed by atoms with van der Waals surface area (Å²) in [6.45, 7) is 4.81. The van der Waals surface area contributed by atoms with Crippen molar-refractivity contribution in [2.75, 3.05) is 20.3 Å². The number of hydrogen-bond acceptors (Lipinski definition) is 3. The van der Waals surface area contributed by atoms with Crippen molar-refractivity contribution in [1.82, 2.24) is 5.32 Å². The summed E-state index contributed by atoms with van der Waals surface area (Å²) in [5.74, 6) is 0.860. The molecular formula is C17H26ClNOS. The SMILES string of the molecule is COCCNCc1ccc(SC2CCCC(C)C2)c(Cl)c1. The van der Waals surface area contributed by atoms with E-state index in [0.717, 1.165) is 35.9 Å². The molecule has 118 valence electrons. The normalized spacial score (nSPS) is 22.4. The first-order valence-electron chi connectivity index (χ1n) is 7.83. The third-order valence-electron chi connectivity index (χ3n) is 3.99. The Labute approximate surface area is 138 Å². The lowest BCUT2D eigenvalue weighted by Gasteiger charge is -2.26. The largest absolute Gasteiger partial charge is 0.383 e. The van der Waals surface area contributed by atoms with Gasteiger partial charge in [-0.1, -0.05) is 37.4 Å². The van der Waals surface area contributed by atoms with Crippen molar-refractivity contribution < 1.29 is 4.74 Å². The Morgan fingerprint density at radius 3 is 2.95 bits per heavy atom. The fraction of sp³-hybridized carbons (Fsp3) is 0.647. The number of ether oxygens (including phenoxy) is 1. The Bertz CT molecular complexity index is 441. The quantitative estimate of drug-likeness (QED) is 0.730. The molecule has 0 spiro atoms. The highest BCUT2D eigenvalue weighted by Crippen LogP contribution is 2.39. The van der Waals surface area contributed by atoms with Crippen LogP contribution in [0.1, 0.15) is 38.2 Å². The van der Waals surface area contributed by atoms with Gasteiger partial charge >= 0.3 is 0 Å². The van der Waals surface area contributed by atoms with Gasteiger partial charge in [-0.15, -0.1) is 11.8 Å². The second-order valence-electron chi connectivity index (χ2n) is 5.95. The van der Waals surface area contributed by atoms with Crippen LogP contribution in [0.2, 0.25) is 5.02 Å². The van der Waals surface area contributed by atoms with Crippen molar-refractivity contribution in [1.29, 1.82) is 0 Å². The zero-order valence-electron chi connectivity index (χ0n) is 13.0. The molecule has 1 saturated carbocycles. The van der Waals surface area contributed by atoms with Crippen molar-refractivity contribution in [3.8, 4) is 0 Å². The van der Waals surface area contributed by atoms with E-state index < -0.39 is 0 Å². The van der Waals surface area contributed by atoms with E-state index in [1.54, 1.807) is 7.11 Å². The standard InChI is InChI=1S/C17H26ClNOS/c1-13-4-3-5-15(10-13)21-17-7-6-14(11-16(17)18)12-19-8-9-20-2/h6-7,11,13,15,19H,3-5,8-10,12H2,1-2H3. The van der Waals surface area contributed by atoms with E-state index in [1.807, 2.05) is 11.8 Å². The van der Waals surface area contributed by atoms with Crippen LogP contribution in [0.4, 0.5) is 0 Å². The molecule has 0 heterocycles. The maximum Gasteiger partial charge on any atom is 0.0587 e. The molecule has 1 N–H and O–H groups in total. The summed E-state index contributed by atoms with van der Waals surface area (Å²) < 4.78 is 5.02. The van der Waals surface area contributed by atoms with Crippen molar-refractivity contribution in [2.24, 2.45) is 5.92 Å². The zero-order chi connectivity index (χ0) is 15.1. The van der Waals surface area contributed by atoms with Gasteiger partial charge in [0.2, 0.25) is 0 Å². The molecular weight excluding hydrogens is 302 g/mol. The Hall–Kier alpha value is -0.220. The Morgan fingerprint density at radius 1 is 1.38 bits per heavy atom. The summed E-state index contributed by atoms with van der Waals surface area (Å²) >= 11 is 8.42. The summed E-state index contributed by atoms with van der Waals surface area (Å²) in [5.41, 5.74) is 1.23. The van der Waals surface area contributed by atoms with Gasteiger partial charge in [0.25, 0.3) is 0 Å². The van der Waals surface area contributed by atoms with Crippen LogP contribution < -0.4 is 5.32 Å². The second kappa shape index (κ2) is 9.04. The number of halogens is 1. The molecule has 1 aliphatic rings. The van der Waals surface area contributed by atoms with Gasteiger partial charge in [-0.05, 0) is 36.5 Å². The highest BCUT2D eigenvalue weighted by atomic mass is 35.5. The van der Waals surface area contributed by atoms with Gasteiger partial charge < -0.3 is 10.1 Å². The molecule has 1 fully saturated rings. The number of nitrogens with one attached hydrogen (secondary N) is 1. The van der Waals surface area contributed by atoms with Crippen LogP contribution in [0.5, 0.6) is 0 Å². The third kappa shape index (κ3) is 5.82. The molecule has 2 rings (SSSR count). The van der Waals surface area contributed by atoms with Crippen LogP contribution >= 0.6 is 23.4 Å². The minimum absolute atomic E-state index is 0.733. The highest BCUT2D eigenvalue weighted by molar-refractivity contribution is 8.00. The lowest BCUT2D eigenvalue weighted by atomic mass is 9.91. The summed E-state index contributed by atoms with van der Waals surface area (Å²) in [6.07, 6.45) is 5.39. The lowest BCUT2D eigenvalue weighted by Crippen LogP contribution is -2.18. The van der Waals surface area contributed by atoms with Crippen LogP contribution in [0, 0.1) is 5.92 Å². The van der Waals surface area contributed by atoms with Gasteiger partial charge in [-0.25, -0.2) is 0 Å². The zero-order valence-corrected chi connectivity index (χ0v) is 14.6. The van der Waals surface area contributed by atoms with E-state index in [9.17, 15) is 0 Å². The van der Waals surface area contributed by atoms with Crippen LogP contribution in [0.25, 0.3) is 0 Å². The average molecular weight is 328 g/mol. The van der Waals surface area contributed by atoms with E-state index in [4.69, 9.17) is 16.3 Å². The van der Waals surface area contributed by atoms with Crippen molar-refractivity contribution in [3.63, 3.8) is 0 Å². The van der Waals surface area contributed by atoms with Crippen LogP contribution in [0.15, 0.2) is 23.1 Å². The molecule has 0 amide bonds. The van der Waals surface area contributed by atoms with Gasteiger partial charge in [-0.3, -0.25) is 0 Å². The third-order valence-corrected chi connectivity index (χ3v) is 5.79. The molecule has 1 aromatic carbocycles. The summed E-state index contributed by atoms with van der Waals surface area (Å²) in [5, 5.41) is 4.97. The summed E-state index contributed by atoms with van der Waals surface area (Å²) in [4.78, 5) is 1.23.